The van der Waals surface area contributed by atoms with E-state index in [0.29, 0.717) is 35.1 Å². The van der Waals surface area contributed by atoms with Crippen LogP contribution in [0.3, 0.4) is 0 Å². The molecule has 1 aliphatic rings. The smallest absolute Gasteiger partial charge is 0.319 e. The number of hydrogen-bond acceptors (Lipinski definition) is 3. The highest BCUT2D eigenvalue weighted by molar-refractivity contribution is 6.34. The zero-order valence-electron chi connectivity index (χ0n) is 15.2. The fourth-order valence-electron chi connectivity index (χ4n) is 2.92. The van der Waals surface area contributed by atoms with Gasteiger partial charge in [-0.25, -0.2) is 4.79 Å². The fourth-order valence-corrected chi connectivity index (χ4v) is 3.20. The maximum Gasteiger partial charge on any atom is 0.319 e. The number of halogens is 1. The Morgan fingerprint density at radius 3 is 2.50 bits per heavy atom. The Balaban J connectivity index is 1.45. The quantitative estimate of drug-likeness (QED) is 0.691. The van der Waals surface area contributed by atoms with Crippen molar-refractivity contribution in [3.63, 3.8) is 0 Å². The lowest BCUT2D eigenvalue weighted by atomic mass is 10.2. The Labute approximate surface area is 168 Å². The van der Waals surface area contributed by atoms with Gasteiger partial charge in [-0.3, -0.25) is 9.59 Å². The van der Waals surface area contributed by atoms with E-state index in [2.05, 4.69) is 16.0 Å². The third-order valence-electron chi connectivity index (χ3n) is 4.26. The molecule has 1 heterocycles. The zero-order valence-corrected chi connectivity index (χ0v) is 16.0. The van der Waals surface area contributed by atoms with Gasteiger partial charge in [-0.15, -0.1) is 0 Å². The first-order chi connectivity index (χ1) is 13.5. The summed E-state index contributed by atoms with van der Waals surface area (Å²) >= 11 is 6.27. The molecule has 2 aromatic carbocycles. The standard InChI is InChI=1S/C20H21ClN4O3/c21-16-13-15(8-9-17(16)25-12-4-7-19(25)27)23-18(26)10-11-22-20(28)24-14-5-2-1-3-6-14/h1-3,5-6,8-9,13H,4,7,10-12H2,(H,23,26)(H2,22,24,28). The van der Waals surface area contributed by atoms with Gasteiger partial charge in [0.2, 0.25) is 11.8 Å². The van der Waals surface area contributed by atoms with Gasteiger partial charge in [-0.2, -0.15) is 0 Å². The fraction of sp³-hybridized carbons (Fsp3) is 0.250. The molecular formula is C20H21ClN4O3. The number of benzene rings is 2. The van der Waals surface area contributed by atoms with Crippen LogP contribution in [0.25, 0.3) is 0 Å². The van der Waals surface area contributed by atoms with Gasteiger partial charge in [0, 0.05) is 37.3 Å². The molecule has 7 nitrogen and oxygen atoms in total. The number of nitrogens with zero attached hydrogens (tertiary/aromatic N) is 1. The zero-order chi connectivity index (χ0) is 19.9. The number of carbonyl (C=O) groups is 3. The van der Waals surface area contributed by atoms with Crippen molar-refractivity contribution in [2.24, 2.45) is 0 Å². The van der Waals surface area contributed by atoms with E-state index in [-0.39, 0.29) is 30.8 Å². The number of para-hydroxylation sites is 1. The summed E-state index contributed by atoms with van der Waals surface area (Å²) in [7, 11) is 0. The van der Waals surface area contributed by atoms with Crippen molar-refractivity contribution in [2.75, 3.05) is 28.6 Å². The van der Waals surface area contributed by atoms with Crippen LogP contribution in [0.15, 0.2) is 48.5 Å². The van der Waals surface area contributed by atoms with E-state index < -0.39 is 0 Å². The molecule has 0 atom stereocenters. The first kappa shape index (κ1) is 19.7. The summed E-state index contributed by atoms with van der Waals surface area (Å²) in [5.41, 5.74) is 1.87. The van der Waals surface area contributed by atoms with E-state index in [9.17, 15) is 14.4 Å². The molecule has 3 rings (SSSR count). The van der Waals surface area contributed by atoms with Crippen LogP contribution in [0.2, 0.25) is 5.02 Å². The van der Waals surface area contributed by atoms with E-state index >= 15 is 0 Å². The van der Waals surface area contributed by atoms with Crippen LogP contribution >= 0.6 is 11.6 Å². The molecule has 0 saturated carbocycles. The first-order valence-electron chi connectivity index (χ1n) is 9.02. The van der Waals surface area contributed by atoms with E-state index in [1.165, 1.54) is 0 Å². The topological polar surface area (TPSA) is 90.5 Å². The normalized spacial score (nSPS) is 13.3. The Morgan fingerprint density at radius 2 is 1.82 bits per heavy atom. The Morgan fingerprint density at radius 1 is 1.04 bits per heavy atom. The Bertz CT molecular complexity index is 873. The van der Waals surface area contributed by atoms with Gasteiger partial charge in [0.15, 0.2) is 0 Å². The number of carbonyl (C=O) groups excluding carboxylic acids is 3. The minimum atomic E-state index is -0.373. The lowest BCUT2D eigenvalue weighted by Gasteiger charge is -2.18. The molecule has 0 bridgehead atoms. The molecule has 4 amide bonds. The summed E-state index contributed by atoms with van der Waals surface area (Å²) < 4.78 is 0. The number of rotatable bonds is 6. The summed E-state index contributed by atoms with van der Waals surface area (Å²) in [5, 5.41) is 8.45. The van der Waals surface area contributed by atoms with Crippen molar-refractivity contribution < 1.29 is 14.4 Å². The van der Waals surface area contributed by atoms with Crippen LogP contribution in [0.4, 0.5) is 21.9 Å². The predicted octanol–water partition coefficient (Wildman–Crippen LogP) is 3.62. The Hall–Kier alpha value is -3.06. The average molecular weight is 401 g/mol. The van der Waals surface area contributed by atoms with Crippen LogP contribution in [0, 0.1) is 0 Å². The molecule has 1 saturated heterocycles. The summed E-state index contributed by atoms with van der Waals surface area (Å²) in [6.45, 7) is 0.847. The van der Waals surface area contributed by atoms with Gasteiger partial charge in [-0.1, -0.05) is 29.8 Å². The maximum atomic E-state index is 12.1. The molecule has 28 heavy (non-hydrogen) atoms. The van der Waals surface area contributed by atoms with Crippen molar-refractivity contribution in [1.29, 1.82) is 0 Å². The highest BCUT2D eigenvalue weighted by atomic mass is 35.5. The first-order valence-corrected chi connectivity index (χ1v) is 9.40. The highest BCUT2D eigenvalue weighted by Crippen LogP contribution is 2.31. The number of urea groups is 1. The minimum absolute atomic E-state index is 0.0542. The van der Waals surface area contributed by atoms with Crippen molar-refractivity contribution in [1.82, 2.24) is 5.32 Å². The minimum Gasteiger partial charge on any atom is -0.337 e. The van der Waals surface area contributed by atoms with E-state index in [0.717, 1.165) is 6.42 Å². The van der Waals surface area contributed by atoms with Gasteiger partial charge < -0.3 is 20.9 Å². The predicted molar refractivity (Wildman–Crippen MR) is 110 cm³/mol. The Kier molecular flexibility index (Phi) is 6.49. The van der Waals surface area contributed by atoms with Crippen LogP contribution in [-0.2, 0) is 9.59 Å². The molecule has 0 unspecified atom stereocenters. The molecule has 0 aliphatic carbocycles. The van der Waals surface area contributed by atoms with Gasteiger partial charge in [0.25, 0.3) is 0 Å². The molecule has 1 fully saturated rings. The average Bonchev–Trinajstić information content (AvgIpc) is 3.08. The van der Waals surface area contributed by atoms with E-state index in [4.69, 9.17) is 11.6 Å². The molecular weight excluding hydrogens is 380 g/mol. The summed E-state index contributed by atoms with van der Waals surface area (Å²) in [6, 6.07) is 13.7. The van der Waals surface area contributed by atoms with Crippen LogP contribution in [-0.4, -0.2) is 30.9 Å². The van der Waals surface area contributed by atoms with Crippen molar-refractivity contribution in [2.45, 2.75) is 19.3 Å². The molecule has 0 spiro atoms. The van der Waals surface area contributed by atoms with E-state index in [1.54, 1.807) is 35.2 Å². The number of nitrogens with one attached hydrogen (secondary N) is 3. The second-order valence-electron chi connectivity index (χ2n) is 6.36. The lowest BCUT2D eigenvalue weighted by Crippen LogP contribution is -2.31. The number of hydrogen-bond donors (Lipinski definition) is 3. The third-order valence-corrected chi connectivity index (χ3v) is 4.57. The molecule has 146 valence electrons. The molecule has 1 aliphatic heterocycles. The van der Waals surface area contributed by atoms with Crippen LogP contribution in [0.1, 0.15) is 19.3 Å². The molecule has 2 aromatic rings. The van der Waals surface area contributed by atoms with Crippen LogP contribution in [0.5, 0.6) is 0 Å². The van der Waals surface area contributed by atoms with Crippen LogP contribution < -0.4 is 20.9 Å². The largest absolute Gasteiger partial charge is 0.337 e. The van der Waals surface area contributed by atoms with Gasteiger partial charge >= 0.3 is 6.03 Å². The molecule has 3 N–H and O–H groups in total. The van der Waals surface area contributed by atoms with Crippen molar-refractivity contribution >= 4 is 46.5 Å². The second kappa shape index (κ2) is 9.23. The summed E-state index contributed by atoms with van der Waals surface area (Å²) in [4.78, 5) is 37.3. The lowest BCUT2D eigenvalue weighted by molar-refractivity contribution is -0.117. The number of anilines is 3. The van der Waals surface area contributed by atoms with Gasteiger partial charge in [0.1, 0.15) is 0 Å². The third kappa shape index (κ3) is 5.23. The van der Waals surface area contributed by atoms with Crippen molar-refractivity contribution in [3.8, 4) is 0 Å². The highest BCUT2D eigenvalue weighted by Gasteiger charge is 2.23. The molecule has 8 heteroatoms. The van der Waals surface area contributed by atoms with Gasteiger partial charge in [0.05, 0.1) is 10.7 Å². The number of amides is 4. The summed E-state index contributed by atoms with van der Waals surface area (Å²) in [5.74, 6) is -0.195. The van der Waals surface area contributed by atoms with Gasteiger partial charge in [-0.05, 0) is 36.8 Å². The molecule has 0 aromatic heterocycles. The monoisotopic (exact) mass is 400 g/mol. The van der Waals surface area contributed by atoms with Crippen molar-refractivity contribution in [3.05, 3.63) is 53.6 Å². The maximum absolute atomic E-state index is 12.1. The summed E-state index contributed by atoms with van der Waals surface area (Å²) in [6.07, 6.45) is 1.46. The van der Waals surface area contributed by atoms with E-state index in [1.807, 2.05) is 18.2 Å². The molecule has 0 radical (unpaired) electrons. The SMILES string of the molecule is O=C(CCNC(=O)Nc1ccccc1)Nc1ccc(N2CCCC2=O)c(Cl)c1. The second-order valence-corrected chi connectivity index (χ2v) is 6.77.